The Kier molecular flexibility index (Phi) is 9.87. The lowest BCUT2D eigenvalue weighted by Gasteiger charge is -2.42. The molecule has 2 heterocycles. The van der Waals surface area contributed by atoms with Crippen LogP contribution in [-0.2, 0) is 14.4 Å². The highest BCUT2D eigenvalue weighted by Gasteiger charge is 2.47. The van der Waals surface area contributed by atoms with E-state index < -0.39 is 41.2 Å². The number of carbonyl (C=O) groups is 4. The molecule has 2 saturated carbocycles. The Morgan fingerprint density at radius 2 is 1.47 bits per heavy atom. The number of aliphatic hydroxyl groups excluding tert-OH is 1. The number of nitrogens with zero attached hydrogens (tertiary/aromatic N) is 2. The molecule has 0 amide bonds. The van der Waals surface area contributed by atoms with Gasteiger partial charge in [0.1, 0.15) is 12.3 Å². The van der Waals surface area contributed by atoms with Gasteiger partial charge in [0, 0.05) is 65.5 Å². The zero-order valence-corrected chi connectivity index (χ0v) is 27.1. The number of aldehydes is 1. The number of Topliss-reactive ketones (excluding diaryl/α,β-unsaturated/α-hetero) is 1. The maximum Gasteiger partial charge on any atom is 0.334 e. The number of halogens is 2. The summed E-state index contributed by atoms with van der Waals surface area (Å²) in [6.07, 6.45) is 5.42. The van der Waals surface area contributed by atoms with Gasteiger partial charge in [-0.2, -0.15) is 0 Å². The number of carboxylic acid groups (broad SMARTS) is 2. The maximum atomic E-state index is 14.3. The molecule has 47 heavy (non-hydrogen) atoms. The second kappa shape index (κ2) is 13.9. The lowest BCUT2D eigenvalue weighted by atomic mass is 9.71. The summed E-state index contributed by atoms with van der Waals surface area (Å²) in [5.74, 6) is -5.37. The second-order valence-electron chi connectivity index (χ2n) is 12.9. The van der Waals surface area contributed by atoms with Gasteiger partial charge in [-0.05, 0) is 49.7 Å². The Morgan fingerprint density at radius 3 is 2.02 bits per heavy atom. The van der Waals surface area contributed by atoms with Crippen LogP contribution in [0.3, 0.4) is 0 Å². The summed E-state index contributed by atoms with van der Waals surface area (Å²) >= 11 is 13.2. The SMILES string of the molecule is O=CC(C1=C(C(=O)O)C(C(C(=O)c2ccccc2)c2c(Cl)cccc2Cl)C(C(=O)O)=CN1)N1CCN(C2CC3CC(O)CC3C2)CC1. The van der Waals surface area contributed by atoms with Gasteiger partial charge in [-0.15, -0.1) is 0 Å². The molecule has 4 aliphatic rings. The average molecular weight is 683 g/mol. The zero-order valence-electron chi connectivity index (χ0n) is 25.6. The third kappa shape index (κ3) is 6.49. The monoisotopic (exact) mass is 681 g/mol. The van der Waals surface area contributed by atoms with Crippen molar-refractivity contribution in [1.82, 2.24) is 15.1 Å². The highest BCUT2D eigenvalue weighted by Crippen LogP contribution is 2.47. The predicted molar refractivity (Wildman–Crippen MR) is 175 cm³/mol. The number of piperazine rings is 1. The Morgan fingerprint density at radius 1 is 0.851 bits per heavy atom. The average Bonchev–Trinajstić information content (AvgIpc) is 3.61. The minimum atomic E-state index is -1.54. The van der Waals surface area contributed by atoms with Crippen molar-refractivity contribution >= 4 is 47.2 Å². The van der Waals surface area contributed by atoms with Crippen LogP contribution >= 0.6 is 23.2 Å². The van der Waals surface area contributed by atoms with Gasteiger partial charge in [0.25, 0.3) is 0 Å². The van der Waals surface area contributed by atoms with Crippen molar-refractivity contribution in [2.45, 2.75) is 49.8 Å². The number of hydrogen-bond acceptors (Lipinski definition) is 8. The van der Waals surface area contributed by atoms with Crippen molar-refractivity contribution in [3.05, 3.63) is 92.7 Å². The lowest BCUT2D eigenvalue weighted by Crippen LogP contribution is -2.55. The van der Waals surface area contributed by atoms with E-state index in [-0.39, 0.29) is 38.5 Å². The second-order valence-corrected chi connectivity index (χ2v) is 13.7. The Labute approximate surface area is 282 Å². The van der Waals surface area contributed by atoms with Gasteiger partial charge < -0.3 is 25.4 Å². The van der Waals surface area contributed by atoms with Gasteiger partial charge in [0.05, 0.1) is 28.9 Å². The summed E-state index contributed by atoms with van der Waals surface area (Å²) in [6.45, 7) is 2.32. The van der Waals surface area contributed by atoms with Crippen LogP contribution in [0.1, 0.15) is 47.5 Å². The third-order valence-electron chi connectivity index (χ3n) is 10.4. The van der Waals surface area contributed by atoms with E-state index >= 15 is 0 Å². The van der Waals surface area contributed by atoms with Gasteiger partial charge in [0.2, 0.25) is 0 Å². The number of carboxylic acids is 2. The van der Waals surface area contributed by atoms with Crippen LogP contribution in [0.2, 0.25) is 10.0 Å². The van der Waals surface area contributed by atoms with E-state index in [0.29, 0.717) is 50.3 Å². The molecule has 0 radical (unpaired) electrons. The van der Waals surface area contributed by atoms with E-state index in [2.05, 4.69) is 10.2 Å². The van der Waals surface area contributed by atoms with Crippen molar-refractivity contribution in [2.75, 3.05) is 26.2 Å². The topological polar surface area (TPSA) is 147 Å². The molecule has 2 aromatic rings. The fourth-order valence-electron chi connectivity index (χ4n) is 8.29. The van der Waals surface area contributed by atoms with E-state index in [4.69, 9.17) is 23.2 Å². The molecule has 1 saturated heterocycles. The van der Waals surface area contributed by atoms with Crippen molar-refractivity contribution in [1.29, 1.82) is 0 Å². The van der Waals surface area contributed by atoms with Gasteiger partial charge in [-0.1, -0.05) is 59.6 Å². The molecular weight excluding hydrogens is 645 g/mol. The lowest BCUT2D eigenvalue weighted by molar-refractivity contribution is -0.134. The van der Waals surface area contributed by atoms with Crippen LogP contribution < -0.4 is 5.32 Å². The smallest absolute Gasteiger partial charge is 0.334 e. The number of benzene rings is 2. The van der Waals surface area contributed by atoms with Crippen molar-refractivity contribution in [3.63, 3.8) is 0 Å². The molecule has 0 bridgehead atoms. The third-order valence-corrected chi connectivity index (χ3v) is 11.1. The number of ketones is 1. The van der Waals surface area contributed by atoms with Gasteiger partial charge >= 0.3 is 11.9 Å². The first-order chi connectivity index (χ1) is 22.6. The summed E-state index contributed by atoms with van der Waals surface area (Å²) in [5.41, 5.74) is -0.447. The molecular formula is C35H37Cl2N3O7. The highest BCUT2D eigenvalue weighted by molar-refractivity contribution is 6.36. The summed E-state index contributed by atoms with van der Waals surface area (Å²) in [4.78, 5) is 57.3. The first kappa shape index (κ1) is 33.4. The largest absolute Gasteiger partial charge is 0.478 e. The van der Waals surface area contributed by atoms with Crippen molar-refractivity contribution in [2.24, 2.45) is 17.8 Å². The zero-order chi connectivity index (χ0) is 33.4. The number of carbonyl (C=O) groups excluding carboxylic acids is 2. The molecule has 5 unspecified atom stereocenters. The molecule has 0 aromatic heterocycles. The van der Waals surface area contributed by atoms with E-state index in [0.717, 1.165) is 25.7 Å². The van der Waals surface area contributed by atoms with E-state index in [1.54, 1.807) is 36.4 Å². The molecule has 3 fully saturated rings. The number of aliphatic hydroxyl groups is 1. The van der Waals surface area contributed by atoms with Gasteiger partial charge in [-0.25, -0.2) is 9.59 Å². The molecule has 4 N–H and O–H groups in total. The summed E-state index contributed by atoms with van der Waals surface area (Å²) in [5, 5.41) is 34.1. The van der Waals surface area contributed by atoms with Crippen LogP contribution in [0.15, 0.2) is 71.6 Å². The van der Waals surface area contributed by atoms with Crippen molar-refractivity contribution in [3.8, 4) is 0 Å². The summed E-state index contributed by atoms with van der Waals surface area (Å²) in [7, 11) is 0. The van der Waals surface area contributed by atoms with Gasteiger partial charge in [-0.3, -0.25) is 14.6 Å². The number of aliphatic carboxylic acids is 2. The van der Waals surface area contributed by atoms with E-state index in [9.17, 15) is 34.5 Å². The minimum absolute atomic E-state index is 0.00868. The molecule has 10 nitrogen and oxygen atoms in total. The van der Waals surface area contributed by atoms with Crippen LogP contribution in [0.25, 0.3) is 0 Å². The first-order valence-electron chi connectivity index (χ1n) is 15.9. The number of rotatable bonds is 10. The maximum absolute atomic E-state index is 14.3. The van der Waals surface area contributed by atoms with E-state index in [1.165, 1.54) is 18.3 Å². The molecule has 5 atom stereocenters. The van der Waals surface area contributed by atoms with Crippen LogP contribution in [-0.4, -0.2) is 93.5 Å². The number of dihydropyridines is 1. The Balaban J connectivity index is 1.36. The molecule has 248 valence electrons. The highest BCUT2D eigenvalue weighted by atomic mass is 35.5. The van der Waals surface area contributed by atoms with E-state index in [1.807, 2.05) is 4.90 Å². The minimum Gasteiger partial charge on any atom is -0.478 e. The fourth-order valence-corrected chi connectivity index (χ4v) is 8.92. The normalized spacial score (nSPS) is 27.8. The molecule has 2 aromatic carbocycles. The molecule has 12 heteroatoms. The summed E-state index contributed by atoms with van der Waals surface area (Å²) < 4.78 is 0. The number of fused-ring (bicyclic) bond motifs is 1. The first-order valence-corrected chi connectivity index (χ1v) is 16.7. The fraction of sp³-hybridized carbons (Fsp3) is 0.429. The molecule has 2 aliphatic carbocycles. The molecule has 2 aliphatic heterocycles. The Hall–Kier alpha value is -3.54. The number of nitrogens with one attached hydrogen (secondary N) is 1. The number of hydrogen-bond donors (Lipinski definition) is 4. The van der Waals surface area contributed by atoms with Crippen molar-refractivity contribution < 1.29 is 34.5 Å². The van der Waals surface area contributed by atoms with Crippen LogP contribution in [0.5, 0.6) is 0 Å². The standard InChI is InChI=1S/C35H37Cl2N3O7/c36-25-7-4-8-26(37)29(25)30(33(43)19-5-2-1-3-6-19)28-24(34(44)45)17-38-32(31(28)35(46)47)27(18-41)40-11-9-39(10-12-40)22-13-20-15-23(42)16-21(20)14-22/h1-8,17-18,20-23,27-28,30,38,42H,9-16H2,(H,44,45)(H,46,47). The van der Waals surface area contributed by atoms with Crippen LogP contribution in [0.4, 0.5) is 0 Å². The Bertz CT molecular complexity index is 1590. The summed E-state index contributed by atoms with van der Waals surface area (Å²) in [6, 6.07) is 12.1. The predicted octanol–water partition coefficient (Wildman–Crippen LogP) is 4.22. The molecule has 6 rings (SSSR count). The van der Waals surface area contributed by atoms with Gasteiger partial charge in [0.15, 0.2) is 5.78 Å². The molecule has 0 spiro atoms. The van der Waals surface area contributed by atoms with Crippen LogP contribution in [0, 0.1) is 17.8 Å². The quantitative estimate of drug-likeness (QED) is 0.212.